The maximum Gasteiger partial charge on any atom is 0.115 e. The molecule has 1 aromatic carbocycles. The van der Waals surface area contributed by atoms with E-state index in [4.69, 9.17) is 4.74 Å². The lowest BCUT2D eigenvalue weighted by molar-refractivity contribution is 0.0930. The van der Waals surface area contributed by atoms with Gasteiger partial charge in [-0.3, -0.25) is 4.68 Å². The molecule has 0 bridgehead atoms. The first-order valence-electron chi connectivity index (χ1n) is 8.24. The van der Waals surface area contributed by atoms with E-state index in [0.29, 0.717) is 0 Å². The average Bonchev–Trinajstić information content (AvgIpc) is 3.34. The van der Waals surface area contributed by atoms with Crippen LogP contribution in [0.4, 0.5) is 0 Å². The van der Waals surface area contributed by atoms with Gasteiger partial charge in [0.05, 0.1) is 17.1 Å². The molecule has 24 heavy (non-hydrogen) atoms. The topological polar surface area (TPSA) is 56.9 Å². The van der Waals surface area contributed by atoms with Crippen LogP contribution >= 0.6 is 0 Å². The lowest BCUT2D eigenvalue weighted by Crippen LogP contribution is -2.32. The molecule has 0 amide bonds. The van der Waals surface area contributed by atoms with E-state index in [1.165, 1.54) is 0 Å². The second-order valence-corrected chi connectivity index (χ2v) is 6.02. The first-order valence-corrected chi connectivity index (χ1v) is 8.24. The molecule has 1 fully saturated rings. The van der Waals surface area contributed by atoms with Crippen molar-refractivity contribution in [2.75, 3.05) is 6.61 Å². The van der Waals surface area contributed by atoms with Gasteiger partial charge in [-0.05, 0) is 30.7 Å². The lowest BCUT2D eigenvalue weighted by Gasteiger charge is -2.21. The summed E-state index contributed by atoms with van der Waals surface area (Å²) < 4.78 is 9.89. The summed E-state index contributed by atoms with van der Waals surface area (Å²) in [6, 6.07) is 14.5. The van der Waals surface area contributed by atoms with Crippen LogP contribution in [0.5, 0.6) is 0 Å². The fourth-order valence-corrected chi connectivity index (χ4v) is 3.21. The average molecular weight is 323 g/mol. The van der Waals surface area contributed by atoms with Crippen molar-refractivity contribution in [3.63, 3.8) is 0 Å². The van der Waals surface area contributed by atoms with E-state index in [1.807, 2.05) is 59.1 Å². The molecule has 0 aliphatic carbocycles. The van der Waals surface area contributed by atoms with E-state index in [1.54, 1.807) is 0 Å². The van der Waals surface area contributed by atoms with Crippen LogP contribution in [0, 0.1) is 0 Å². The first-order chi connectivity index (χ1) is 11.8. The first kappa shape index (κ1) is 15.1. The van der Waals surface area contributed by atoms with Gasteiger partial charge in [0, 0.05) is 38.6 Å². The molecule has 124 valence electrons. The van der Waals surface area contributed by atoms with Crippen LogP contribution in [0.15, 0.2) is 54.9 Å². The van der Waals surface area contributed by atoms with Gasteiger partial charge in [0.1, 0.15) is 6.10 Å². The summed E-state index contributed by atoms with van der Waals surface area (Å²) in [5, 5.41) is 12.3. The van der Waals surface area contributed by atoms with Crippen molar-refractivity contribution in [3.05, 3.63) is 66.2 Å². The van der Waals surface area contributed by atoms with Gasteiger partial charge in [-0.2, -0.15) is 10.2 Å². The molecule has 1 N–H and O–H groups in total. The monoisotopic (exact) mass is 323 g/mol. The highest BCUT2D eigenvalue weighted by Gasteiger charge is 2.32. The Morgan fingerprint density at radius 2 is 1.96 bits per heavy atom. The lowest BCUT2D eigenvalue weighted by atomic mass is 10.1. The molecule has 2 atom stereocenters. The summed E-state index contributed by atoms with van der Waals surface area (Å²) in [6.45, 7) is 1.54. The largest absolute Gasteiger partial charge is 0.370 e. The fourth-order valence-electron chi connectivity index (χ4n) is 3.21. The number of hydrogen-bond donors (Lipinski definition) is 1. The quantitative estimate of drug-likeness (QED) is 0.782. The summed E-state index contributed by atoms with van der Waals surface area (Å²) >= 11 is 0. The Morgan fingerprint density at radius 1 is 1.12 bits per heavy atom. The third-order valence-electron chi connectivity index (χ3n) is 4.52. The number of nitrogens with one attached hydrogen (secondary N) is 1. The predicted octanol–water partition coefficient (Wildman–Crippen LogP) is 2.23. The zero-order valence-electron chi connectivity index (χ0n) is 13.7. The number of para-hydroxylation sites is 1. The molecule has 1 saturated heterocycles. The van der Waals surface area contributed by atoms with Crippen molar-refractivity contribution in [1.29, 1.82) is 0 Å². The highest BCUT2D eigenvalue weighted by molar-refractivity contribution is 5.33. The molecular weight excluding hydrogens is 302 g/mol. The molecule has 1 aliphatic rings. The van der Waals surface area contributed by atoms with Gasteiger partial charge in [-0.25, -0.2) is 4.68 Å². The molecule has 0 unspecified atom stereocenters. The Balaban J connectivity index is 1.53. The van der Waals surface area contributed by atoms with Crippen molar-refractivity contribution in [2.24, 2.45) is 7.05 Å². The Labute approximate surface area is 141 Å². The Morgan fingerprint density at radius 3 is 2.75 bits per heavy atom. The highest BCUT2D eigenvalue weighted by Crippen LogP contribution is 2.30. The highest BCUT2D eigenvalue weighted by atomic mass is 16.5. The Kier molecular flexibility index (Phi) is 4.15. The van der Waals surface area contributed by atoms with Crippen LogP contribution in [0.3, 0.4) is 0 Å². The number of hydrogen-bond acceptors (Lipinski definition) is 4. The second-order valence-electron chi connectivity index (χ2n) is 6.02. The summed E-state index contributed by atoms with van der Waals surface area (Å²) in [6.07, 6.45) is 4.65. The van der Waals surface area contributed by atoms with Gasteiger partial charge in [0.2, 0.25) is 0 Å². The van der Waals surface area contributed by atoms with Gasteiger partial charge in [0.15, 0.2) is 0 Å². The second kappa shape index (κ2) is 6.59. The molecule has 4 rings (SSSR count). The summed E-state index contributed by atoms with van der Waals surface area (Å²) in [4.78, 5) is 0. The van der Waals surface area contributed by atoms with Crippen LogP contribution in [0.1, 0.15) is 23.9 Å². The zero-order chi connectivity index (χ0) is 16.4. The number of rotatable bonds is 5. The van der Waals surface area contributed by atoms with Crippen molar-refractivity contribution in [3.8, 4) is 5.69 Å². The third kappa shape index (κ3) is 2.86. The number of aryl methyl sites for hydroxylation is 1. The van der Waals surface area contributed by atoms with Gasteiger partial charge in [-0.1, -0.05) is 18.2 Å². The molecular formula is C18H21N5O. The van der Waals surface area contributed by atoms with Crippen LogP contribution in [-0.4, -0.2) is 32.2 Å². The predicted molar refractivity (Wildman–Crippen MR) is 90.7 cm³/mol. The molecule has 2 aromatic heterocycles. The van der Waals surface area contributed by atoms with Crippen LogP contribution in [-0.2, 0) is 18.3 Å². The smallest absolute Gasteiger partial charge is 0.115 e. The minimum atomic E-state index is 0.000865. The molecule has 0 saturated carbocycles. The molecule has 0 spiro atoms. The van der Waals surface area contributed by atoms with Gasteiger partial charge >= 0.3 is 0 Å². The van der Waals surface area contributed by atoms with E-state index in [9.17, 15) is 0 Å². The van der Waals surface area contributed by atoms with Crippen LogP contribution < -0.4 is 5.32 Å². The zero-order valence-corrected chi connectivity index (χ0v) is 13.7. The Hall–Kier alpha value is -2.44. The minimum absolute atomic E-state index is 0.000865. The molecule has 6 nitrogen and oxygen atoms in total. The van der Waals surface area contributed by atoms with Gasteiger partial charge in [-0.15, -0.1) is 0 Å². The Bertz CT molecular complexity index is 795. The van der Waals surface area contributed by atoms with E-state index >= 15 is 0 Å². The molecule has 3 aromatic rings. The van der Waals surface area contributed by atoms with E-state index in [2.05, 4.69) is 27.6 Å². The van der Waals surface area contributed by atoms with Crippen molar-refractivity contribution in [1.82, 2.24) is 24.9 Å². The number of nitrogens with zero attached hydrogens (tertiary/aromatic N) is 4. The third-order valence-corrected chi connectivity index (χ3v) is 4.52. The van der Waals surface area contributed by atoms with E-state index < -0.39 is 0 Å². The van der Waals surface area contributed by atoms with Crippen LogP contribution in [0.2, 0.25) is 0 Å². The number of aromatic nitrogens is 4. The van der Waals surface area contributed by atoms with E-state index in [-0.39, 0.29) is 12.1 Å². The molecule has 0 radical (unpaired) electrons. The maximum atomic E-state index is 6.03. The van der Waals surface area contributed by atoms with Gasteiger partial charge < -0.3 is 10.1 Å². The number of benzene rings is 1. The van der Waals surface area contributed by atoms with Crippen LogP contribution in [0.25, 0.3) is 5.69 Å². The SMILES string of the molecule is Cn1nccc1CN[C@H]1CCO[C@@H]1c1ccnn1-c1ccccc1. The van der Waals surface area contributed by atoms with Crippen molar-refractivity contribution >= 4 is 0 Å². The maximum absolute atomic E-state index is 6.03. The van der Waals surface area contributed by atoms with E-state index in [0.717, 1.165) is 36.6 Å². The standard InChI is InChI=1S/C18H21N5O/c1-22-15(7-10-20-22)13-19-16-9-12-24-18(16)17-8-11-21-23(17)14-5-3-2-4-6-14/h2-8,10-11,16,18-19H,9,12-13H2,1H3/t16-,18-/m0/s1. The summed E-state index contributed by atoms with van der Waals surface area (Å²) in [5.41, 5.74) is 3.30. The normalized spacial score (nSPS) is 20.5. The van der Waals surface area contributed by atoms with Crippen molar-refractivity contribution < 1.29 is 4.74 Å². The number of ether oxygens (including phenoxy) is 1. The van der Waals surface area contributed by atoms with Crippen molar-refractivity contribution in [2.45, 2.75) is 25.1 Å². The minimum Gasteiger partial charge on any atom is -0.370 e. The summed E-state index contributed by atoms with van der Waals surface area (Å²) in [5.74, 6) is 0. The molecule has 1 aliphatic heterocycles. The summed E-state index contributed by atoms with van der Waals surface area (Å²) in [7, 11) is 1.96. The van der Waals surface area contributed by atoms with Gasteiger partial charge in [0.25, 0.3) is 0 Å². The molecule has 3 heterocycles. The molecule has 6 heteroatoms. The fraction of sp³-hybridized carbons (Fsp3) is 0.333.